The SMILES string of the molecule is Cc1cc(-n2c3ccc(-c4ccccc4)cc3c3ccc(Oc4cccc(N5CN(c6cc(C(C)(C)C)cc(C(C)(C)C)c6)c6c(-c7ccccc7)cccc65)c4)cc32)ncc1-c1ccc(C(C)(C)C)cc1. The molecular formula is C67H64N4O. The number of hydrogen-bond donors (Lipinski definition) is 0. The number of nitrogens with zero attached hydrogens (tertiary/aromatic N) is 4. The van der Waals surface area contributed by atoms with Crippen LogP contribution in [0.3, 0.4) is 0 Å². The number of para-hydroxylation sites is 1. The van der Waals surface area contributed by atoms with Crippen LogP contribution >= 0.6 is 0 Å². The molecule has 5 heteroatoms. The molecule has 1 aliphatic heterocycles. The molecule has 8 aromatic carbocycles. The Bertz CT molecular complexity index is 3610. The molecule has 3 heterocycles. The highest BCUT2D eigenvalue weighted by atomic mass is 16.5. The van der Waals surface area contributed by atoms with Gasteiger partial charge in [-0.25, -0.2) is 4.98 Å². The fourth-order valence-corrected chi connectivity index (χ4v) is 10.3. The Labute approximate surface area is 426 Å². The van der Waals surface area contributed by atoms with Gasteiger partial charge >= 0.3 is 0 Å². The topological polar surface area (TPSA) is 33.5 Å². The molecule has 358 valence electrons. The van der Waals surface area contributed by atoms with Crippen LogP contribution in [0.25, 0.3) is 61.0 Å². The molecule has 0 amide bonds. The maximum absolute atomic E-state index is 6.93. The van der Waals surface area contributed by atoms with Crippen molar-refractivity contribution < 1.29 is 4.74 Å². The minimum Gasteiger partial charge on any atom is -0.457 e. The monoisotopic (exact) mass is 941 g/mol. The van der Waals surface area contributed by atoms with Gasteiger partial charge in [-0.1, -0.05) is 178 Å². The highest BCUT2D eigenvalue weighted by Crippen LogP contribution is 2.51. The average molecular weight is 941 g/mol. The Kier molecular flexibility index (Phi) is 11.5. The molecule has 0 saturated carbocycles. The van der Waals surface area contributed by atoms with Crippen LogP contribution in [-0.2, 0) is 16.2 Å². The van der Waals surface area contributed by atoms with Crippen LogP contribution < -0.4 is 14.5 Å². The summed E-state index contributed by atoms with van der Waals surface area (Å²) in [4.78, 5) is 10.1. The fraction of sp³-hybridized carbons (Fsp3) is 0.209. The molecular weight excluding hydrogens is 877 g/mol. The second kappa shape index (κ2) is 17.8. The van der Waals surface area contributed by atoms with E-state index in [0.717, 1.165) is 61.6 Å². The lowest BCUT2D eigenvalue weighted by Crippen LogP contribution is -2.25. The summed E-state index contributed by atoms with van der Waals surface area (Å²) in [6.45, 7) is 23.5. The molecule has 72 heavy (non-hydrogen) atoms. The van der Waals surface area contributed by atoms with Crippen molar-refractivity contribution in [3.8, 4) is 50.7 Å². The van der Waals surface area contributed by atoms with Gasteiger partial charge in [0.15, 0.2) is 0 Å². The summed E-state index contributed by atoms with van der Waals surface area (Å²) >= 11 is 0. The van der Waals surface area contributed by atoms with Crippen molar-refractivity contribution in [1.29, 1.82) is 0 Å². The van der Waals surface area contributed by atoms with Crippen molar-refractivity contribution in [2.24, 2.45) is 0 Å². The highest BCUT2D eigenvalue weighted by Gasteiger charge is 2.33. The molecule has 5 nitrogen and oxygen atoms in total. The van der Waals surface area contributed by atoms with E-state index in [4.69, 9.17) is 9.72 Å². The van der Waals surface area contributed by atoms with E-state index in [1.54, 1.807) is 0 Å². The molecule has 11 rings (SSSR count). The quantitative estimate of drug-likeness (QED) is 0.152. The molecule has 0 spiro atoms. The third-order valence-corrected chi connectivity index (χ3v) is 14.5. The van der Waals surface area contributed by atoms with Gasteiger partial charge in [0.05, 0.1) is 22.4 Å². The summed E-state index contributed by atoms with van der Waals surface area (Å²) in [5, 5.41) is 2.30. The van der Waals surface area contributed by atoms with Gasteiger partial charge in [0.2, 0.25) is 0 Å². The van der Waals surface area contributed by atoms with E-state index in [1.165, 1.54) is 55.9 Å². The molecule has 0 fully saturated rings. The Balaban J connectivity index is 0.990. The van der Waals surface area contributed by atoms with Crippen LogP contribution in [0.5, 0.6) is 11.5 Å². The number of ether oxygens (including phenoxy) is 1. The Hall–Kier alpha value is -7.89. The summed E-state index contributed by atoms with van der Waals surface area (Å²) in [5.74, 6) is 2.38. The second-order valence-corrected chi connectivity index (χ2v) is 22.7. The Morgan fingerprint density at radius 1 is 0.431 bits per heavy atom. The van der Waals surface area contributed by atoms with E-state index in [9.17, 15) is 0 Å². The number of rotatable bonds is 8. The van der Waals surface area contributed by atoms with Gasteiger partial charge in [0, 0.05) is 51.6 Å². The zero-order chi connectivity index (χ0) is 50.1. The lowest BCUT2D eigenvalue weighted by Gasteiger charge is -2.30. The molecule has 0 aliphatic carbocycles. The number of aromatic nitrogens is 2. The van der Waals surface area contributed by atoms with Crippen LogP contribution in [-0.4, -0.2) is 16.2 Å². The largest absolute Gasteiger partial charge is 0.457 e. The lowest BCUT2D eigenvalue weighted by molar-refractivity contribution is 0.483. The van der Waals surface area contributed by atoms with Crippen molar-refractivity contribution in [2.45, 2.75) is 85.5 Å². The first-order valence-corrected chi connectivity index (χ1v) is 25.4. The standard InChI is InChI=1S/C67H64N4O/c1-44-35-63(68-42-59(44)47-27-30-49(31-28-47)65(2,3)4)71-60-34-29-48(45-19-13-11-14-20-45)36-58(60)57-33-32-55(41-62(57)71)72-54-24-17-23-52(40-54)69-43-70(53-38-50(66(5,6)7)37-51(39-53)67(8,9)10)64-56(25-18-26-61(64)69)46-21-15-12-16-22-46/h11-42H,43H2,1-10H3. The zero-order valence-corrected chi connectivity index (χ0v) is 43.4. The Morgan fingerprint density at radius 3 is 1.72 bits per heavy atom. The van der Waals surface area contributed by atoms with E-state index < -0.39 is 0 Å². The predicted molar refractivity (Wildman–Crippen MR) is 304 cm³/mol. The molecule has 0 unspecified atom stereocenters. The van der Waals surface area contributed by atoms with E-state index in [0.29, 0.717) is 6.67 Å². The molecule has 0 bridgehead atoms. The van der Waals surface area contributed by atoms with Crippen LogP contribution in [0.2, 0.25) is 0 Å². The zero-order valence-electron chi connectivity index (χ0n) is 43.4. The Morgan fingerprint density at radius 2 is 1.06 bits per heavy atom. The van der Waals surface area contributed by atoms with Gasteiger partial charge in [-0.15, -0.1) is 0 Å². The average Bonchev–Trinajstić information content (AvgIpc) is 3.92. The number of anilines is 4. The molecule has 0 radical (unpaired) electrons. The maximum Gasteiger partial charge on any atom is 0.137 e. The van der Waals surface area contributed by atoms with Gasteiger partial charge in [-0.3, -0.25) is 4.57 Å². The van der Waals surface area contributed by atoms with Crippen molar-refractivity contribution >= 4 is 44.6 Å². The number of hydrogen-bond acceptors (Lipinski definition) is 4. The van der Waals surface area contributed by atoms with Crippen molar-refractivity contribution in [1.82, 2.24) is 9.55 Å². The van der Waals surface area contributed by atoms with Crippen molar-refractivity contribution in [3.05, 3.63) is 217 Å². The predicted octanol–water partition coefficient (Wildman–Crippen LogP) is 18.4. The van der Waals surface area contributed by atoms with Crippen LogP contribution in [0.1, 0.15) is 84.6 Å². The number of fused-ring (bicyclic) bond motifs is 4. The van der Waals surface area contributed by atoms with E-state index >= 15 is 0 Å². The van der Waals surface area contributed by atoms with Gasteiger partial charge in [0.25, 0.3) is 0 Å². The summed E-state index contributed by atoms with van der Waals surface area (Å²) in [7, 11) is 0. The van der Waals surface area contributed by atoms with Gasteiger partial charge in [-0.2, -0.15) is 0 Å². The van der Waals surface area contributed by atoms with Crippen LogP contribution in [0.4, 0.5) is 22.7 Å². The highest BCUT2D eigenvalue weighted by molar-refractivity contribution is 6.11. The van der Waals surface area contributed by atoms with Gasteiger partial charge in [0.1, 0.15) is 24.0 Å². The maximum atomic E-state index is 6.93. The normalized spacial score (nSPS) is 13.0. The molecule has 0 atom stereocenters. The lowest BCUT2D eigenvalue weighted by atomic mass is 9.80. The molecule has 1 aliphatic rings. The number of aryl methyl sites for hydroxylation is 1. The number of pyridine rings is 1. The van der Waals surface area contributed by atoms with Crippen molar-refractivity contribution in [3.63, 3.8) is 0 Å². The van der Waals surface area contributed by atoms with Gasteiger partial charge in [-0.05, 0) is 128 Å². The van der Waals surface area contributed by atoms with E-state index in [-0.39, 0.29) is 16.2 Å². The minimum absolute atomic E-state index is 0.0230. The fourth-order valence-electron chi connectivity index (χ4n) is 10.3. The van der Waals surface area contributed by atoms with E-state index in [1.807, 2.05) is 6.20 Å². The van der Waals surface area contributed by atoms with E-state index in [2.05, 4.69) is 272 Å². The molecule has 10 aromatic rings. The molecule has 0 N–H and O–H groups in total. The van der Waals surface area contributed by atoms with Crippen LogP contribution in [0.15, 0.2) is 194 Å². The first-order valence-electron chi connectivity index (χ1n) is 25.4. The summed E-state index contributed by atoms with van der Waals surface area (Å²) in [6.07, 6.45) is 2.03. The summed E-state index contributed by atoms with van der Waals surface area (Å²) < 4.78 is 9.22. The van der Waals surface area contributed by atoms with Crippen LogP contribution in [0, 0.1) is 6.92 Å². The summed E-state index contributed by atoms with van der Waals surface area (Å²) in [5.41, 5.74) is 19.0. The van der Waals surface area contributed by atoms with Gasteiger partial charge < -0.3 is 14.5 Å². The third kappa shape index (κ3) is 8.72. The van der Waals surface area contributed by atoms with Crippen molar-refractivity contribution in [2.75, 3.05) is 16.5 Å². The minimum atomic E-state index is -0.0230. The number of benzene rings is 8. The molecule has 2 aromatic heterocycles. The first kappa shape index (κ1) is 46.5. The summed E-state index contributed by atoms with van der Waals surface area (Å²) in [6, 6.07) is 68.3. The second-order valence-electron chi connectivity index (χ2n) is 22.7. The first-order chi connectivity index (χ1) is 34.5. The molecule has 0 saturated heterocycles. The smallest absolute Gasteiger partial charge is 0.137 e. The third-order valence-electron chi connectivity index (χ3n) is 14.5.